The lowest BCUT2D eigenvalue weighted by Crippen LogP contribution is -2.41. The third-order valence-corrected chi connectivity index (χ3v) is 5.84. The molecule has 41 heavy (non-hydrogen) atoms. The summed E-state index contributed by atoms with van der Waals surface area (Å²) in [4.78, 5) is 48.5. The standard InChI is InChI=1S/C31H44N4O6/c1-22(2)20-40-26-16-12-24(13-17-26)30(38)34-32-28(36)10-8-6-5-7-9-11-29(37)33-35-31(39)25-14-18-27(19-15-25)41-21-23(3)4/h12-19,22-23H,5-11,20-21H2,1-4H3,(H,32,36)(H,33,37)(H,34,38)(H,35,39). The molecule has 0 aliphatic heterocycles. The molecule has 2 aromatic carbocycles. The number of hydrogen-bond donors (Lipinski definition) is 4. The van der Waals surface area contributed by atoms with Gasteiger partial charge in [0.05, 0.1) is 13.2 Å². The number of amides is 4. The van der Waals surface area contributed by atoms with Crippen molar-refractivity contribution >= 4 is 23.6 Å². The molecule has 10 heteroatoms. The van der Waals surface area contributed by atoms with E-state index in [0.29, 0.717) is 73.4 Å². The summed E-state index contributed by atoms with van der Waals surface area (Å²) >= 11 is 0. The number of carbonyl (C=O) groups is 4. The van der Waals surface area contributed by atoms with E-state index in [0.717, 1.165) is 19.3 Å². The maximum Gasteiger partial charge on any atom is 0.269 e. The van der Waals surface area contributed by atoms with Gasteiger partial charge in [0.1, 0.15) is 11.5 Å². The van der Waals surface area contributed by atoms with Gasteiger partial charge in [0.2, 0.25) is 11.8 Å². The van der Waals surface area contributed by atoms with Gasteiger partial charge in [0, 0.05) is 24.0 Å². The van der Waals surface area contributed by atoms with E-state index >= 15 is 0 Å². The molecular weight excluding hydrogens is 524 g/mol. The molecule has 4 N–H and O–H groups in total. The van der Waals surface area contributed by atoms with Crippen molar-refractivity contribution in [3.63, 3.8) is 0 Å². The smallest absolute Gasteiger partial charge is 0.269 e. The van der Waals surface area contributed by atoms with Crippen molar-refractivity contribution in [3.05, 3.63) is 59.7 Å². The number of nitrogens with one attached hydrogen (secondary N) is 4. The van der Waals surface area contributed by atoms with E-state index in [-0.39, 0.29) is 11.8 Å². The summed E-state index contributed by atoms with van der Waals surface area (Å²) in [6.45, 7) is 9.43. The van der Waals surface area contributed by atoms with E-state index in [4.69, 9.17) is 9.47 Å². The lowest BCUT2D eigenvalue weighted by Gasteiger charge is -2.10. The predicted octanol–water partition coefficient (Wildman–Crippen LogP) is 4.71. The lowest BCUT2D eigenvalue weighted by atomic mass is 10.1. The quantitative estimate of drug-likeness (QED) is 0.171. The molecule has 0 aromatic heterocycles. The van der Waals surface area contributed by atoms with E-state index in [1.165, 1.54) is 0 Å². The number of ether oxygens (including phenoxy) is 2. The van der Waals surface area contributed by atoms with Crippen LogP contribution in [0.1, 0.15) is 93.4 Å². The Morgan fingerprint density at radius 1 is 0.537 bits per heavy atom. The molecule has 0 spiro atoms. The van der Waals surface area contributed by atoms with E-state index < -0.39 is 11.8 Å². The third kappa shape index (κ3) is 14.2. The Morgan fingerprint density at radius 2 is 0.878 bits per heavy atom. The summed E-state index contributed by atoms with van der Waals surface area (Å²) in [5, 5.41) is 0. The number of carbonyl (C=O) groups excluding carboxylic acids is 4. The zero-order valence-corrected chi connectivity index (χ0v) is 24.6. The predicted molar refractivity (Wildman–Crippen MR) is 157 cm³/mol. The van der Waals surface area contributed by atoms with Crippen LogP contribution in [0.2, 0.25) is 0 Å². The zero-order chi connectivity index (χ0) is 30.0. The molecule has 224 valence electrons. The summed E-state index contributed by atoms with van der Waals surface area (Å²) in [6, 6.07) is 13.5. The molecule has 0 fully saturated rings. The van der Waals surface area contributed by atoms with Crippen molar-refractivity contribution in [2.24, 2.45) is 11.8 Å². The highest BCUT2D eigenvalue weighted by Gasteiger charge is 2.10. The van der Waals surface area contributed by atoms with Crippen molar-refractivity contribution in [2.45, 2.75) is 72.6 Å². The van der Waals surface area contributed by atoms with Gasteiger partial charge in [-0.05, 0) is 73.2 Å². The summed E-state index contributed by atoms with van der Waals surface area (Å²) < 4.78 is 11.2. The van der Waals surface area contributed by atoms with Crippen molar-refractivity contribution in [1.29, 1.82) is 0 Å². The minimum Gasteiger partial charge on any atom is -0.493 e. The Labute approximate surface area is 242 Å². The Kier molecular flexibility index (Phi) is 14.8. The molecule has 0 heterocycles. The van der Waals surface area contributed by atoms with E-state index in [9.17, 15) is 19.2 Å². The van der Waals surface area contributed by atoms with Gasteiger partial charge in [-0.3, -0.25) is 40.9 Å². The molecule has 0 saturated heterocycles. The normalized spacial score (nSPS) is 10.7. The second kappa shape index (κ2) is 18.3. The van der Waals surface area contributed by atoms with Crippen LogP contribution in [0.15, 0.2) is 48.5 Å². The topological polar surface area (TPSA) is 135 Å². The van der Waals surface area contributed by atoms with Gasteiger partial charge in [0.15, 0.2) is 0 Å². The molecule has 10 nitrogen and oxygen atoms in total. The Hall–Kier alpha value is -4.08. The summed E-state index contributed by atoms with van der Waals surface area (Å²) in [5.74, 6) is 0.887. The van der Waals surface area contributed by atoms with Crippen LogP contribution in [0.25, 0.3) is 0 Å². The highest BCUT2D eigenvalue weighted by molar-refractivity contribution is 5.96. The second-order valence-electron chi connectivity index (χ2n) is 10.7. The van der Waals surface area contributed by atoms with Crippen molar-refractivity contribution < 1.29 is 28.7 Å². The molecule has 0 aliphatic rings. The molecule has 0 bridgehead atoms. The summed E-state index contributed by atoms with van der Waals surface area (Å²) in [7, 11) is 0. The minimum atomic E-state index is -0.396. The van der Waals surface area contributed by atoms with Gasteiger partial charge in [-0.1, -0.05) is 47.0 Å². The Bertz CT molecular complexity index is 1010. The first-order chi connectivity index (χ1) is 19.6. The van der Waals surface area contributed by atoms with Crippen LogP contribution in [-0.2, 0) is 9.59 Å². The average molecular weight is 569 g/mol. The molecule has 0 atom stereocenters. The lowest BCUT2D eigenvalue weighted by molar-refractivity contribution is -0.122. The van der Waals surface area contributed by atoms with Crippen LogP contribution in [0, 0.1) is 11.8 Å². The van der Waals surface area contributed by atoms with Gasteiger partial charge in [-0.25, -0.2) is 0 Å². The highest BCUT2D eigenvalue weighted by Crippen LogP contribution is 2.14. The minimum absolute atomic E-state index is 0.261. The van der Waals surface area contributed by atoms with Crippen molar-refractivity contribution in [2.75, 3.05) is 13.2 Å². The maximum atomic E-state index is 12.2. The molecular formula is C31H44N4O6. The summed E-state index contributed by atoms with van der Waals surface area (Å²) in [5.41, 5.74) is 10.6. The number of benzene rings is 2. The van der Waals surface area contributed by atoms with Crippen LogP contribution in [0.4, 0.5) is 0 Å². The molecule has 0 radical (unpaired) electrons. The van der Waals surface area contributed by atoms with Crippen LogP contribution in [-0.4, -0.2) is 36.8 Å². The number of hydrogen-bond acceptors (Lipinski definition) is 6. The maximum absolute atomic E-state index is 12.2. The van der Waals surface area contributed by atoms with E-state index in [2.05, 4.69) is 49.4 Å². The third-order valence-electron chi connectivity index (χ3n) is 5.84. The first kappa shape index (κ1) is 33.1. The zero-order valence-electron chi connectivity index (χ0n) is 24.6. The largest absolute Gasteiger partial charge is 0.493 e. The number of hydrazine groups is 2. The Balaban J connectivity index is 1.50. The van der Waals surface area contributed by atoms with Crippen molar-refractivity contribution in [1.82, 2.24) is 21.7 Å². The van der Waals surface area contributed by atoms with Crippen LogP contribution in [0.5, 0.6) is 11.5 Å². The molecule has 4 amide bonds. The fraction of sp³-hybridized carbons (Fsp3) is 0.484. The van der Waals surface area contributed by atoms with Gasteiger partial charge in [-0.15, -0.1) is 0 Å². The molecule has 0 aliphatic carbocycles. The Morgan fingerprint density at radius 3 is 1.22 bits per heavy atom. The van der Waals surface area contributed by atoms with E-state index in [1.807, 2.05) is 0 Å². The molecule has 2 aromatic rings. The van der Waals surface area contributed by atoms with Gasteiger partial charge in [-0.2, -0.15) is 0 Å². The van der Waals surface area contributed by atoms with Gasteiger partial charge < -0.3 is 9.47 Å². The fourth-order valence-electron chi connectivity index (χ4n) is 3.55. The highest BCUT2D eigenvalue weighted by atomic mass is 16.5. The molecule has 2 rings (SSSR count). The SMILES string of the molecule is CC(C)COc1ccc(C(=O)NNC(=O)CCCCCCCC(=O)NNC(=O)c2ccc(OCC(C)C)cc2)cc1. The van der Waals surface area contributed by atoms with Crippen LogP contribution in [0.3, 0.4) is 0 Å². The monoisotopic (exact) mass is 568 g/mol. The molecule has 0 unspecified atom stereocenters. The fourth-order valence-corrected chi connectivity index (χ4v) is 3.55. The first-order valence-corrected chi connectivity index (χ1v) is 14.3. The second-order valence-corrected chi connectivity index (χ2v) is 10.7. The summed E-state index contributed by atoms with van der Waals surface area (Å²) in [6.07, 6.45) is 4.46. The number of rotatable bonds is 16. The van der Waals surface area contributed by atoms with Gasteiger partial charge >= 0.3 is 0 Å². The van der Waals surface area contributed by atoms with Gasteiger partial charge in [0.25, 0.3) is 11.8 Å². The number of unbranched alkanes of at least 4 members (excludes halogenated alkanes) is 4. The van der Waals surface area contributed by atoms with Crippen LogP contribution < -0.4 is 31.2 Å². The van der Waals surface area contributed by atoms with Crippen molar-refractivity contribution in [3.8, 4) is 11.5 Å². The van der Waals surface area contributed by atoms with E-state index in [1.54, 1.807) is 48.5 Å². The molecule has 0 saturated carbocycles. The van der Waals surface area contributed by atoms with Crippen LogP contribution >= 0.6 is 0 Å². The average Bonchev–Trinajstić information content (AvgIpc) is 2.96. The first-order valence-electron chi connectivity index (χ1n) is 14.3.